The lowest BCUT2D eigenvalue weighted by Crippen LogP contribution is -2.61. The van der Waals surface area contributed by atoms with Crippen molar-refractivity contribution in [3.8, 4) is 28.6 Å². The number of aliphatic hydroxyl groups excluding tert-OH is 3. The van der Waals surface area contributed by atoms with Crippen molar-refractivity contribution in [2.75, 3.05) is 7.11 Å². The van der Waals surface area contributed by atoms with E-state index in [-0.39, 0.29) is 16.7 Å². The van der Waals surface area contributed by atoms with Gasteiger partial charge in [-0.05, 0) is 0 Å². The average Bonchev–Trinajstić information content (AvgIpc) is 2.82. The van der Waals surface area contributed by atoms with Gasteiger partial charge in [-0.1, -0.05) is 30.3 Å². The summed E-state index contributed by atoms with van der Waals surface area (Å²) in [7, 11) is 1.03. The van der Waals surface area contributed by atoms with Crippen molar-refractivity contribution in [3.05, 3.63) is 52.7 Å². The molecule has 5 N–H and O–H groups in total. The van der Waals surface area contributed by atoms with E-state index in [2.05, 4.69) is 4.74 Å². The largest absolute Gasteiger partial charge is 0.504 e. The Kier molecular flexibility index (Phi) is 5.95. The van der Waals surface area contributed by atoms with Gasteiger partial charge in [0.25, 0.3) is 0 Å². The summed E-state index contributed by atoms with van der Waals surface area (Å²) in [5.74, 6) is -3.04. The van der Waals surface area contributed by atoms with Crippen LogP contribution in [-0.4, -0.2) is 69.3 Å². The topological polar surface area (TPSA) is 176 Å². The summed E-state index contributed by atoms with van der Waals surface area (Å²) in [5, 5.41) is 50.7. The van der Waals surface area contributed by atoms with Crippen molar-refractivity contribution < 1.29 is 49.0 Å². The van der Waals surface area contributed by atoms with E-state index in [1.54, 1.807) is 30.3 Å². The smallest absolute Gasteiger partial charge is 0.337 e. The SMILES string of the molecule is COC(=O)C1O[C@@H](Oc2cc3oc(-c4ccccc4)cc(=O)c3c(O)c2O)C(O)[C@@H](O)[C@@H]1O. The van der Waals surface area contributed by atoms with Gasteiger partial charge in [-0.15, -0.1) is 0 Å². The van der Waals surface area contributed by atoms with Crippen molar-refractivity contribution in [1.29, 1.82) is 0 Å². The summed E-state index contributed by atoms with van der Waals surface area (Å²) in [6.07, 6.45) is -8.97. The third kappa shape index (κ3) is 3.98. The Morgan fingerprint density at radius 1 is 0.970 bits per heavy atom. The van der Waals surface area contributed by atoms with E-state index in [9.17, 15) is 35.1 Å². The van der Waals surface area contributed by atoms with Gasteiger partial charge in [0.2, 0.25) is 12.0 Å². The predicted octanol–water partition coefficient (Wildman–Crippen LogP) is 0.231. The third-order valence-corrected chi connectivity index (χ3v) is 5.24. The second-order valence-electron chi connectivity index (χ2n) is 7.32. The van der Waals surface area contributed by atoms with Gasteiger partial charge in [-0.2, -0.15) is 0 Å². The first-order valence-electron chi connectivity index (χ1n) is 9.75. The lowest BCUT2D eigenvalue weighted by Gasteiger charge is -2.38. The Bertz CT molecular complexity index is 1240. The molecule has 174 valence electrons. The first kappa shape index (κ1) is 22.6. The van der Waals surface area contributed by atoms with Gasteiger partial charge >= 0.3 is 5.97 Å². The van der Waals surface area contributed by atoms with E-state index in [0.29, 0.717) is 5.56 Å². The summed E-state index contributed by atoms with van der Waals surface area (Å²) in [5.41, 5.74) is -0.203. The molecule has 2 unspecified atom stereocenters. The maximum atomic E-state index is 12.6. The second kappa shape index (κ2) is 8.71. The lowest BCUT2D eigenvalue weighted by atomic mass is 9.99. The summed E-state index contributed by atoms with van der Waals surface area (Å²) in [6.45, 7) is 0. The van der Waals surface area contributed by atoms with Crippen molar-refractivity contribution >= 4 is 16.9 Å². The molecule has 1 aliphatic heterocycles. The van der Waals surface area contributed by atoms with Crippen molar-refractivity contribution in [2.24, 2.45) is 0 Å². The molecule has 0 amide bonds. The van der Waals surface area contributed by atoms with Gasteiger partial charge in [-0.25, -0.2) is 4.79 Å². The molecule has 0 bridgehead atoms. The van der Waals surface area contributed by atoms with E-state index in [1.807, 2.05) is 0 Å². The van der Waals surface area contributed by atoms with Crippen LogP contribution in [0.4, 0.5) is 0 Å². The van der Waals surface area contributed by atoms with E-state index >= 15 is 0 Å². The monoisotopic (exact) mass is 460 g/mol. The van der Waals surface area contributed by atoms with Gasteiger partial charge in [0.1, 0.15) is 35.0 Å². The highest BCUT2D eigenvalue weighted by Gasteiger charge is 2.48. The molecular formula is C22H20O11. The number of methoxy groups -OCH3 is 1. The Hall–Kier alpha value is -3.64. The van der Waals surface area contributed by atoms with Crippen LogP contribution in [-0.2, 0) is 14.3 Å². The normalized spacial score (nSPS) is 25.0. The van der Waals surface area contributed by atoms with Crippen LogP contribution in [0.25, 0.3) is 22.3 Å². The Labute approximate surface area is 185 Å². The number of aliphatic hydroxyl groups is 3. The molecule has 5 atom stereocenters. The lowest BCUT2D eigenvalue weighted by molar-refractivity contribution is -0.272. The second-order valence-corrected chi connectivity index (χ2v) is 7.32. The predicted molar refractivity (Wildman–Crippen MR) is 111 cm³/mol. The molecule has 1 saturated heterocycles. The van der Waals surface area contributed by atoms with Crippen LogP contribution in [0.3, 0.4) is 0 Å². The summed E-state index contributed by atoms with van der Waals surface area (Å²) < 4.78 is 20.8. The number of phenols is 2. The van der Waals surface area contributed by atoms with Gasteiger partial charge in [0, 0.05) is 17.7 Å². The number of benzene rings is 2. The highest BCUT2D eigenvalue weighted by molar-refractivity contribution is 5.89. The van der Waals surface area contributed by atoms with Crippen LogP contribution >= 0.6 is 0 Å². The number of carbonyl (C=O) groups excluding carboxylic acids is 1. The van der Waals surface area contributed by atoms with Crippen LogP contribution in [0.15, 0.2) is 51.7 Å². The highest BCUT2D eigenvalue weighted by atomic mass is 16.7. The van der Waals surface area contributed by atoms with Gasteiger partial charge in [0.05, 0.1) is 7.11 Å². The number of fused-ring (bicyclic) bond motifs is 1. The zero-order chi connectivity index (χ0) is 23.9. The third-order valence-electron chi connectivity index (χ3n) is 5.24. The fourth-order valence-corrected chi connectivity index (χ4v) is 3.49. The van der Waals surface area contributed by atoms with Crippen LogP contribution < -0.4 is 10.2 Å². The van der Waals surface area contributed by atoms with Crippen LogP contribution in [0.5, 0.6) is 17.2 Å². The summed E-state index contributed by atoms with van der Waals surface area (Å²) in [4.78, 5) is 24.4. The maximum absolute atomic E-state index is 12.6. The molecule has 0 aliphatic carbocycles. The highest BCUT2D eigenvalue weighted by Crippen LogP contribution is 2.42. The average molecular weight is 460 g/mol. The minimum atomic E-state index is -1.85. The number of carbonyl (C=O) groups is 1. The fourth-order valence-electron chi connectivity index (χ4n) is 3.49. The number of hydrogen-bond acceptors (Lipinski definition) is 11. The van der Waals surface area contributed by atoms with Crippen LogP contribution in [0, 0.1) is 0 Å². The molecule has 0 radical (unpaired) electrons. The van der Waals surface area contributed by atoms with Crippen LogP contribution in [0.1, 0.15) is 0 Å². The van der Waals surface area contributed by atoms with Crippen molar-refractivity contribution in [2.45, 2.75) is 30.7 Å². The summed E-state index contributed by atoms with van der Waals surface area (Å²) >= 11 is 0. The fraction of sp³-hybridized carbons (Fsp3) is 0.273. The molecule has 3 aromatic rings. The molecule has 11 heteroatoms. The molecule has 4 rings (SSSR count). The van der Waals surface area contributed by atoms with Crippen molar-refractivity contribution in [3.63, 3.8) is 0 Å². The maximum Gasteiger partial charge on any atom is 0.337 e. The number of rotatable bonds is 4. The van der Waals surface area contributed by atoms with E-state index in [4.69, 9.17) is 13.9 Å². The Balaban J connectivity index is 1.75. The van der Waals surface area contributed by atoms with E-state index in [0.717, 1.165) is 19.2 Å². The molecule has 1 aromatic heterocycles. The van der Waals surface area contributed by atoms with E-state index < -0.39 is 59.4 Å². The number of esters is 1. The number of ether oxygens (including phenoxy) is 3. The minimum Gasteiger partial charge on any atom is -0.504 e. The Morgan fingerprint density at radius 2 is 1.67 bits per heavy atom. The first-order chi connectivity index (χ1) is 15.7. The van der Waals surface area contributed by atoms with Crippen LogP contribution in [0.2, 0.25) is 0 Å². The Morgan fingerprint density at radius 3 is 2.33 bits per heavy atom. The molecule has 0 spiro atoms. The quantitative estimate of drug-likeness (QED) is 0.266. The number of phenolic OH excluding ortho intramolecular Hbond substituents is 2. The molecule has 2 aromatic carbocycles. The molecular weight excluding hydrogens is 440 g/mol. The summed E-state index contributed by atoms with van der Waals surface area (Å²) in [6, 6.07) is 10.9. The molecule has 11 nitrogen and oxygen atoms in total. The standard InChI is InChI=1S/C22H20O11/c1-30-21(29)20-18(27)17(26)19(28)22(33-20)32-13-8-12-14(16(25)15(13)24)10(23)7-11(31-12)9-5-3-2-4-6-9/h2-8,17-20,22,24-28H,1H3/t17-,18-,19?,20?,22+/m0/s1. The molecule has 0 saturated carbocycles. The molecule has 2 heterocycles. The minimum absolute atomic E-state index is 0.151. The van der Waals surface area contributed by atoms with Gasteiger partial charge in [0.15, 0.2) is 23.0 Å². The number of hydrogen-bond donors (Lipinski definition) is 5. The molecule has 33 heavy (non-hydrogen) atoms. The number of aromatic hydroxyl groups is 2. The molecule has 1 aliphatic rings. The first-order valence-corrected chi connectivity index (χ1v) is 9.75. The molecule has 1 fully saturated rings. The zero-order valence-electron chi connectivity index (χ0n) is 17.1. The van der Waals surface area contributed by atoms with Gasteiger partial charge in [-0.3, -0.25) is 4.79 Å². The van der Waals surface area contributed by atoms with Gasteiger partial charge < -0.3 is 44.2 Å². The van der Waals surface area contributed by atoms with E-state index in [1.165, 1.54) is 0 Å². The zero-order valence-corrected chi connectivity index (χ0v) is 17.1. The van der Waals surface area contributed by atoms with Crippen molar-refractivity contribution in [1.82, 2.24) is 0 Å².